The van der Waals surface area contributed by atoms with Crippen molar-refractivity contribution in [2.24, 2.45) is 0 Å². The molecular formula is C21H19FN6. The monoisotopic (exact) mass is 374 g/mol. The van der Waals surface area contributed by atoms with E-state index in [2.05, 4.69) is 25.0 Å². The van der Waals surface area contributed by atoms with Crippen LogP contribution in [0.3, 0.4) is 0 Å². The van der Waals surface area contributed by atoms with Crippen molar-refractivity contribution < 1.29 is 4.39 Å². The molecule has 0 fully saturated rings. The predicted molar refractivity (Wildman–Crippen MR) is 102 cm³/mol. The van der Waals surface area contributed by atoms with Crippen molar-refractivity contribution in [2.75, 3.05) is 6.54 Å². The van der Waals surface area contributed by atoms with Crippen LogP contribution in [-0.4, -0.2) is 36.2 Å². The van der Waals surface area contributed by atoms with E-state index >= 15 is 0 Å². The Morgan fingerprint density at radius 1 is 1.11 bits per heavy atom. The summed E-state index contributed by atoms with van der Waals surface area (Å²) in [4.78, 5) is 14.7. The number of nitrogens with one attached hydrogen (secondary N) is 1. The van der Waals surface area contributed by atoms with Gasteiger partial charge in [-0.25, -0.2) is 14.1 Å². The number of hydrogen-bond donors (Lipinski definition) is 1. The smallest absolute Gasteiger partial charge is 0.123 e. The zero-order valence-electron chi connectivity index (χ0n) is 15.2. The molecule has 0 bridgehead atoms. The number of hydrogen-bond acceptors (Lipinski definition) is 4. The van der Waals surface area contributed by atoms with Gasteiger partial charge in [-0.2, -0.15) is 5.10 Å². The normalized spacial score (nSPS) is 16.8. The van der Waals surface area contributed by atoms with E-state index in [9.17, 15) is 4.39 Å². The fourth-order valence-electron chi connectivity index (χ4n) is 3.89. The van der Waals surface area contributed by atoms with Gasteiger partial charge in [0, 0.05) is 43.8 Å². The summed E-state index contributed by atoms with van der Waals surface area (Å²) in [6.07, 6.45) is 7.99. The highest BCUT2D eigenvalue weighted by Gasteiger charge is 2.32. The molecule has 6 nitrogen and oxygen atoms in total. The van der Waals surface area contributed by atoms with Crippen molar-refractivity contribution in [3.63, 3.8) is 0 Å². The Morgan fingerprint density at radius 2 is 2.07 bits per heavy atom. The summed E-state index contributed by atoms with van der Waals surface area (Å²) in [7, 11) is 0. The summed E-state index contributed by atoms with van der Waals surface area (Å²) in [5, 5.41) is 4.32. The molecule has 4 aromatic rings. The lowest BCUT2D eigenvalue weighted by Gasteiger charge is -2.35. The summed E-state index contributed by atoms with van der Waals surface area (Å²) in [6.45, 7) is 1.39. The van der Waals surface area contributed by atoms with Crippen molar-refractivity contribution >= 4 is 0 Å². The standard InChI is InChI=1S/C21H19FN6/c22-16-5-6-19(28-10-3-9-26-28)15(12-16)13-27-11-7-17-20(25-14-24-17)21(27)18-4-1-2-8-23-18/h1-6,8-10,12,14,21H,7,11,13H2,(H,24,25)/t21-/m0/s1. The second-order valence-electron chi connectivity index (χ2n) is 6.87. The van der Waals surface area contributed by atoms with Crippen LogP contribution in [0.1, 0.15) is 28.7 Å². The maximum absolute atomic E-state index is 14.1. The second kappa shape index (κ2) is 7.01. The number of H-pyrrole nitrogens is 1. The maximum atomic E-state index is 14.1. The third-order valence-electron chi connectivity index (χ3n) is 5.16. The summed E-state index contributed by atoms with van der Waals surface area (Å²) < 4.78 is 15.8. The molecular weight excluding hydrogens is 355 g/mol. The fourth-order valence-corrected chi connectivity index (χ4v) is 3.89. The molecule has 1 aromatic carbocycles. The lowest BCUT2D eigenvalue weighted by atomic mass is 9.98. The van der Waals surface area contributed by atoms with Crippen LogP contribution in [0.25, 0.3) is 5.69 Å². The highest BCUT2D eigenvalue weighted by atomic mass is 19.1. The molecule has 0 aliphatic carbocycles. The Hall–Kier alpha value is -3.32. The molecule has 0 saturated carbocycles. The lowest BCUT2D eigenvalue weighted by molar-refractivity contribution is 0.196. The first-order chi connectivity index (χ1) is 13.8. The molecule has 1 atom stereocenters. The summed E-state index contributed by atoms with van der Waals surface area (Å²) in [5.74, 6) is -0.252. The van der Waals surface area contributed by atoms with Gasteiger partial charge in [0.1, 0.15) is 5.82 Å². The van der Waals surface area contributed by atoms with E-state index < -0.39 is 0 Å². The van der Waals surface area contributed by atoms with Crippen molar-refractivity contribution in [1.82, 2.24) is 29.6 Å². The van der Waals surface area contributed by atoms with Gasteiger partial charge in [0.05, 0.1) is 29.4 Å². The lowest BCUT2D eigenvalue weighted by Crippen LogP contribution is -2.36. The van der Waals surface area contributed by atoms with E-state index in [0.717, 1.165) is 41.3 Å². The topological polar surface area (TPSA) is 62.6 Å². The molecule has 0 amide bonds. The SMILES string of the molecule is Fc1ccc(-n2cccn2)c(CN2CCc3[nH]cnc3[C@@H]2c2ccccn2)c1. The third-order valence-corrected chi connectivity index (χ3v) is 5.16. The van der Waals surface area contributed by atoms with Gasteiger partial charge in [0.2, 0.25) is 0 Å². The minimum Gasteiger partial charge on any atom is -0.348 e. The van der Waals surface area contributed by atoms with Gasteiger partial charge in [-0.1, -0.05) is 6.07 Å². The first-order valence-corrected chi connectivity index (χ1v) is 9.25. The molecule has 7 heteroatoms. The van der Waals surface area contributed by atoms with Crippen molar-refractivity contribution in [2.45, 2.75) is 19.0 Å². The molecule has 0 saturated heterocycles. The number of pyridine rings is 1. The number of aromatic amines is 1. The zero-order chi connectivity index (χ0) is 18.9. The van der Waals surface area contributed by atoms with Crippen molar-refractivity contribution in [3.05, 3.63) is 95.8 Å². The summed E-state index contributed by atoms with van der Waals surface area (Å²) >= 11 is 0. The van der Waals surface area contributed by atoms with Crippen LogP contribution in [0.15, 0.2) is 67.4 Å². The Kier molecular flexibility index (Phi) is 4.21. The van der Waals surface area contributed by atoms with E-state index in [0.29, 0.717) is 6.54 Å². The minimum absolute atomic E-state index is 0.0788. The van der Waals surface area contributed by atoms with E-state index in [1.54, 1.807) is 35.5 Å². The average molecular weight is 374 g/mol. The molecule has 0 unspecified atom stereocenters. The summed E-state index contributed by atoms with van der Waals surface area (Å²) in [6, 6.07) is 12.5. The molecule has 140 valence electrons. The Balaban J connectivity index is 1.56. The Bertz CT molecular complexity index is 1070. The molecule has 1 aliphatic heterocycles. The van der Waals surface area contributed by atoms with Crippen LogP contribution < -0.4 is 0 Å². The first-order valence-electron chi connectivity index (χ1n) is 9.25. The molecule has 5 rings (SSSR count). The van der Waals surface area contributed by atoms with Crippen LogP contribution in [0.2, 0.25) is 0 Å². The van der Waals surface area contributed by atoms with E-state index in [4.69, 9.17) is 0 Å². The highest BCUT2D eigenvalue weighted by molar-refractivity contribution is 5.41. The third kappa shape index (κ3) is 2.99. The van der Waals surface area contributed by atoms with Crippen molar-refractivity contribution in [1.29, 1.82) is 0 Å². The summed E-state index contributed by atoms with van der Waals surface area (Å²) in [5.41, 5.74) is 4.82. The van der Waals surface area contributed by atoms with Crippen LogP contribution in [0.5, 0.6) is 0 Å². The predicted octanol–water partition coefficient (Wildman–Crippen LogP) is 3.28. The fraction of sp³-hybridized carbons (Fsp3) is 0.190. The van der Waals surface area contributed by atoms with Crippen LogP contribution >= 0.6 is 0 Å². The molecule has 28 heavy (non-hydrogen) atoms. The number of rotatable bonds is 4. The van der Waals surface area contributed by atoms with Gasteiger partial charge in [0.15, 0.2) is 0 Å². The number of aromatic nitrogens is 5. The van der Waals surface area contributed by atoms with Gasteiger partial charge in [-0.15, -0.1) is 0 Å². The van der Waals surface area contributed by atoms with Gasteiger partial charge in [-0.3, -0.25) is 9.88 Å². The second-order valence-corrected chi connectivity index (χ2v) is 6.87. The van der Waals surface area contributed by atoms with E-state index in [-0.39, 0.29) is 11.9 Å². The molecule has 1 N–H and O–H groups in total. The number of imidazole rings is 1. The number of fused-ring (bicyclic) bond motifs is 1. The minimum atomic E-state index is -0.252. The van der Waals surface area contributed by atoms with E-state index in [1.165, 1.54) is 6.07 Å². The Morgan fingerprint density at radius 3 is 2.89 bits per heavy atom. The maximum Gasteiger partial charge on any atom is 0.123 e. The Labute approximate surface area is 161 Å². The van der Waals surface area contributed by atoms with Gasteiger partial charge in [0.25, 0.3) is 0 Å². The highest BCUT2D eigenvalue weighted by Crippen LogP contribution is 2.34. The number of nitrogens with zero attached hydrogens (tertiary/aromatic N) is 5. The quantitative estimate of drug-likeness (QED) is 0.596. The van der Waals surface area contributed by atoms with E-state index in [1.807, 2.05) is 30.5 Å². The molecule has 4 heterocycles. The first kappa shape index (κ1) is 16.8. The number of halogens is 1. The van der Waals surface area contributed by atoms with Crippen LogP contribution in [0.4, 0.5) is 4.39 Å². The molecule has 3 aromatic heterocycles. The molecule has 0 spiro atoms. The largest absolute Gasteiger partial charge is 0.348 e. The van der Waals surface area contributed by atoms with Crippen LogP contribution in [-0.2, 0) is 13.0 Å². The zero-order valence-corrected chi connectivity index (χ0v) is 15.2. The van der Waals surface area contributed by atoms with Gasteiger partial charge in [-0.05, 0) is 42.0 Å². The van der Waals surface area contributed by atoms with Crippen LogP contribution in [0, 0.1) is 5.82 Å². The molecule has 0 radical (unpaired) electrons. The van der Waals surface area contributed by atoms with Gasteiger partial charge >= 0.3 is 0 Å². The number of benzene rings is 1. The van der Waals surface area contributed by atoms with Crippen molar-refractivity contribution in [3.8, 4) is 5.69 Å². The molecule has 1 aliphatic rings. The average Bonchev–Trinajstić information content (AvgIpc) is 3.40. The van der Waals surface area contributed by atoms with Gasteiger partial charge < -0.3 is 4.98 Å².